The van der Waals surface area contributed by atoms with Crippen LogP contribution in [0.4, 0.5) is 0 Å². The molecule has 0 unspecified atom stereocenters. The summed E-state index contributed by atoms with van der Waals surface area (Å²) in [4.78, 5) is 12.1. The molecule has 0 aromatic carbocycles. The first-order valence-corrected chi connectivity index (χ1v) is 9.26. The maximum Gasteiger partial charge on any atom is 0.244 e. The smallest absolute Gasteiger partial charge is 0.244 e. The van der Waals surface area contributed by atoms with E-state index in [-0.39, 0.29) is 11.4 Å². The maximum atomic E-state index is 12.1. The number of nitrogens with one attached hydrogen (secondary N) is 1. The van der Waals surface area contributed by atoms with Gasteiger partial charge in [0.2, 0.25) is 5.91 Å². The predicted octanol–water partition coefficient (Wildman–Crippen LogP) is 3.84. The summed E-state index contributed by atoms with van der Waals surface area (Å²) in [5, 5.41) is 3.37. The van der Waals surface area contributed by atoms with Crippen LogP contribution in [0.2, 0.25) is 0 Å². The van der Waals surface area contributed by atoms with Gasteiger partial charge in [0.1, 0.15) is 0 Å². The number of halogens is 1. The lowest BCUT2D eigenvalue weighted by Crippen LogP contribution is -2.59. The van der Waals surface area contributed by atoms with Crippen LogP contribution in [-0.2, 0) is 4.79 Å². The second-order valence-electron chi connectivity index (χ2n) is 6.92. The second kappa shape index (κ2) is 5.74. The summed E-state index contributed by atoms with van der Waals surface area (Å²) in [6.07, 6.45) is 14.0. The molecule has 0 atom stereocenters. The Morgan fingerprint density at radius 3 is 2.26 bits per heavy atom. The van der Waals surface area contributed by atoms with Crippen LogP contribution in [0.15, 0.2) is 12.2 Å². The van der Waals surface area contributed by atoms with Crippen LogP contribution in [0.1, 0.15) is 51.4 Å². The summed E-state index contributed by atoms with van der Waals surface area (Å²) >= 11 is 2.38. The molecule has 0 aliphatic heterocycles. The van der Waals surface area contributed by atoms with E-state index < -0.39 is 0 Å². The van der Waals surface area contributed by atoms with Gasteiger partial charge >= 0.3 is 0 Å². The number of carbonyl (C=O) groups excluding carboxylic acids is 1. The molecule has 1 N–H and O–H groups in total. The number of carbonyl (C=O) groups is 1. The van der Waals surface area contributed by atoms with Crippen molar-refractivity contribution in [1.82, 2.24) is 5.32 Å². The molecule has 1 amide bonds. The zero-order valence-corrected chi connectivity index (χ0v) is 13.7. The van der Waals surface area contributed by atoms with Crippen molar-refractivity contribution >= 4 is 28.5 Å². The lowest BCUT2D eigenvalue weighted by Gasteiger charge is -2.56. The van der Waals surface area contributed by atoms with E-state index in [0.717, 1.165) is 24.2 Å². The monoisotopic (exact) mass is 373 g/mol. The summed E-state index contributed by atoms with van der Waals surface area (Å²) in [5.41, 5.74) is 0.166. The van der Waals surface area contributed by atoms with Crippen molar-refractivity contribution in [3.8, 4) is 0 Å². The molecular formula is C16H24INO. The summed E-state index contributed by atoms with van der Waals surface area (Å²) in [6, 6.07) is 0. The Labute approximate surface area is 129 Å². The van der Waals surface area contributed by atoms with Crippen LogP contribution in [-0.4, -0.2) is 15.9 Å². The molecule has 4 fully saturated rings. The van der Waals surface area contributed by atoms with E-state index >= 15 is 0 Å². The Morgan fingerprint density at radius 2 is 1.74 bits per heavy atom. The van der Waals surface area contributed by atoms with Crippen molar-refractivity contribution in [1.29, 1.82) is 0 Å². The van der Waals surface area contributed by atoms with Gasteiger partial charge < -0.3 is 5.32 Å². The Bertz CT molecular complexity index is 342. The van der Waals surface area contributed by atoms with Gasteiger partial charge in [0, 0.05) is 5.54 Å². The molecule has 0 aromatic heterocycles. The van der Waals surface area contributed by atoms with E-state index in [1.807, 2.05) is 6.08 Å². The topological polar surface area (TPSA) is 29.1 Å². The van der Waals surface area contributed by atoms with E-state index in [9.17, 15) is 4.79 Å². The highest BCUT2D eigenvalue weighted by atomic mass is 127. The highest BCUT2D eigenvalue weighted by molar-refractivity contribution is 14.1. The standard InChI is InChI=1S/C16H24INO/c17-5-3-1-2-4-15(19)18-16-9-12-6-13(10-16)8-14(7-12)11-16/h2,4,12-14H,1,3,5-11H2,(H,18,19). The summed E-state index contributed by atoms with van der Waals surface area (Å²) in [5.74, 6) is 2.84. The number of allylic oxidation sites excluding steroid dienone is 1. The molecule has 4 saturated carbocycles. The van der Waals surface area contributed by atoms with Gasteiger partial charge in [-0.15, -0.1) is 0 Å². The number of alkyl halides is 1. The van der Waals surface area contributed by atoms with E-state index in [2.05, 4.69) is 27.9 Å². The van der Waals surface area contributed by atoms with Gasteiger partial charge in [-0.3, -0.25) is 4.79 Å². The number of amides is 1. The predicted molar refractivity (Wildman–Crippen MR) is 86.3 cm³/mol. The highest BCUT2D eigenvalue weighted by Gasteiger charge is 2.51. The van der Waals surface area contributed by atoms with Crippen LogP contribution >= 0.6 is 22.6 Å². The minimum absolute atomic E-state index is 0.149. The molecule has 0 radical (unpaired) electrons. The van der Waals surface area contributed by atoms with Gasteiger partial charge in [0.25, 0.3) is 0 Å². The van der Waals surface area contributed by atoms with Gasteiger partial charge in [-0.05, 0) is 79.6 Å². The number of rotatable bonds is 5. The molecule has 0 spiro atoms. The van der Waals surface area contributed by atoms with Crippen molar-refractivity contribution in [2.45, 2.75) is 56.9 Å². The zero-order valence-electron chi connectivity index (χ0n) is 11.5. The lowest BCUT2D eigenvalue weighted by atomic mass is 9.53. The zero-order chi connectivity index (χ0) is 13.3. The summed E-state index contributed by atoms with van der Waals surface area (Å²) < 4.78 is 1.17. The van der Waals surface area contributed by atoms with Crippen LogP contribution in [0.5, 0.6) is 0 Å². The molecule has 4 rings (SSSR count). The van der Waals surface area contributed by atoms with Crippen molar-refractivity contribution in [2.75, 3.05) is 4.43 Å². The number of hydrogen-bond acceptors (Lipinski definition) is 1. The van der Waals surface area contributed by atoms with E-state index in [4.69, 9.17) is 0 Å². The Kier molecular flexibility index (Phi) is 4.20. The van der Waals surface area contributed by atoms with Gasteiger partial charge in [0.05, 0.1) is 0 Å². The van der Waals surface area contributed by atoms with Crippen molar-refractivity contribution in [3.05, 3.63) is 12.2 Å². The Morgan fingerprint density at radius 1 is 1.16 bits per heavy atom. The maximum absolute atomic E-state index is 12.1. The van der Waals surface area contributed by atoms with Crippen LogP contribution < -0.4 is 5.32 Å². The number of hydrogen-bond donors (Lipinski definition) is 1. The van der Waals surface area contributed by atoms with E-state index in [1.165, 1.54) is 49.4 Å². The minimum Gasteiger partial charge on any atom is -0.347 e. The van der Waals surface area contributed by atoms with Crippen molar-refractivity contribution in [2.24, 2.45) is 17.8 Å². The third-order valence-corrected chi connectivity index (χ3v) is 5.96. The quantitative estimate of drug-likeness (QED) is 0.337. The Hall–Kier alpha value is -0.0600. The van der Waals surface area contributed by atoms with E-state index in [1.54, 1.807) is 6.08 Å². The first kappa shape index (κ1) is 13.9. The molecule has 4 aliphatic carbocycles. The van der Waals surface area contributed by atoms with Crippen molar-refractivity contribution in [3.63, 3.8) is 0 Å². The largest absolute Gasteiger partial charge is 0.347 e. The Balaban J connectivity index is 1.57. The fraction of sp³-hybridized carbons (Fsp3) is 0.812. The summed E-state index contributed by atoms with van der Waals surface area (Å²) in [6.45, 7) is 0. The third kappa shape index (κ3) is 3.17. The fourth-order valence-electron chi connectivity index (χ4n) is 4.95. The van der Waals surface area contributed by atoms with Crippen LogP contribution in [0.25, 0.3) is 0 Å². The molecular weight excluding hydrogens is 349 g/mol. The highest BCUT2D eigenvalue weighted by Crippen LogP contribution is 2.55. The SMILES string of the molecule is O=C(C=CCCCI)NC12CC3CC(CC(C3)C1)C2. The van der Waals surface area contributed by atoms with Crippen molar-refractivity contribution < 1.29 is 4.79 Å². The van der Waals surface area contributed by atoms with E-state index in [0.29, 0.717) is 0 Å². The first-order chi connectivity index (χ1) is 9.19. The molecule has 4 aliphatic rings. The molecule has 106 valence electrons. The van der Waals surface area contributed by atoms with Gasteiger partial charge in [0.15, 0.2) is 0 Å². The fourth-order valence-corrected chi connectivity index (χ4v) is 5.39. The molecule has 0 aromatic rings. The third-order valence-electron chi connectivity index (χ3n) is 5.20. The van der Waals surface area contributed by atoms with Gasteiger partial charge in [-0.1, -0.05) is 28.7 Å². The lowest BCUT2D eigenvalue weighted by molar-refractivity contribution is -0.122. The molecule has 2 nitrogen and oxygen atoms in total. The second-order valence-corrected chi connectivity index (χ2v) is 8.00. The normalized spacial score (nSPS) is 39.9. The average Bonchev–Trinajstić information content (AvgIpc) is 2.32. The van der Waals surface area contributed by atoms with Crippen LogP contribution in [0.3, 0.4) is 0 Å². The molecule has 3 heteroatoms. The number of unbranched alkanes of at least 4 members (excludes halogenated alkanes) is 1. The first-order valence-electron chi connectivity index (χ1n) is 7.74. The van der Waals surface area contributed by atoms with Gasteiger partial charge in [-0.25, -0.2) is 0 Å². The molecule has 0 heterocycles. The molecule has 0 saturated heterocycles. The van der Waals surface area contributed by atoms with Crippen LogP contribution in [0, 0.1) is 17.8 Å². The molecule has 4 bridgehead atoms. The summed E-state index contributed by atoms with van der Waals surface area (Å²) in [7, 11) is 0. The minimum atomic E-state index is 0.149. The van der Waals surface area contributed by atoms with Gasteiger partial charge in [-0.2, -0.15) is 0 Å². The average molecular weight is 373 g/mol. The molecule has 19 heavy (non-hydrogen) atoms.